The van der Waals surface area contributed by atoms with Crippen molar-refractivity contribution in [1.29, 1.82) is 0 Å². The van der Waals surface area contributed by atoms with E-state index in [1.165, 1.54) is 31.3 Å². The fourth-order valence-electron chi connectivity index (χ4n) is 6.28. The number of anilines is 1. The first-order chi connectivity index (χ1) is 20.8. The van der Waals surface area contributed by atoms with E-state index >= 15 is 0 Å². The average molecular weight is 595 g/mol. The fraction of sp³-hybridized carbons (Fsp3) is 0.467. The molecule has 3 amide bonds. The van der Waals surface area contributed by atoms with Gasteiger partial charge in [-0.3, -0.25) is 14.6 Å². The summed E-state index contributed by atoms with van der Waals surface area (Å²) in [7, 11) is 2.95. The van der Waals surface area contributed by atoms with E-state index in [1.54, 1.807) is 12.1 Å². The third-order valence-corrected chi connectivity index (χ3v) is 8.41. The van der Waals surface area contributed by atoms with Gasteiger partial charge in [0.15, 0.2) is 29.2 Å². The molecule has 43 heavy (non-hydrogen) atoms. The predicted molar refractivity (Wildman–Crippen MR) is 154 cm³/mol. The average Bonchev–Trinajstić information content (AvgIpc) is 3.65. The quantitative estimate of drug-likeness (QED) is 0.439. The van der Waals surface area contributed by atoms with Crippen LogP contribution in [-0.2, 0) is 0 Å². The number of benzene rings is 2. The van der Waals surface area contributed by atoms with Crippen molar-refractivity contribution in [2.45, 2.75) is 50.4 Å². The molecule has 2 aromatic rings. The van der Waals surface area contributed by atoms with E-state index in [0.29, 0.717) is 55.1 Å². The number of amides is 3. The Morgan fingerprint density at radius 3 is 2.21 bits per heavy atom. The molecule has 2 fully saturated rings. The summed E-state index contributed by atoms with van der Waals surface area (Å²) in [6.07, 6.45) is 2.48. The second kappa shape index (κ2) is 11.6. The van der Waals surface area contributed by atoms with Crippen LogP contribution >= 0.6 is 0 Å². The van der Waals surface area contributed by atoms with E-state index in [1.807, 2.05) is 11.1 Å². The first-order valence-corrected chi connectivity index (χ1v) is 14.4. The molecule has 0 bridgehead atoms. The van der Waals surface area contributed by atoms with Crippen LogP contribution in [0, 0.1) is 0 Å². The number of rotatable bonds is 8. The SMILES string of the molecule is COc1cc2c(cc1OCCCOc1cc3c(cc1OC)C(=O)N1CCCC1C(O)N3C(=O)O)N=C[C@@H]1CCCN1C2=O. The molecule has 4 aliphatic rings. The largest absolute Gasteiger partial charge is 0.493 e. The van der Waals surface area contributed by atoms with Crippen LogP contribution in [0.25, 0.3) is 0 Å². The maximum Gasteiger partial charge on any atom is 0.414 e. The molecule has 6 rings (SSSR count). The van der Waals surface area contributed by atoms with Crippen molar-refractivity contribution in [3.05, 3.63) is 35.4 Å². The minimum absolute atomic E-state index is 0.00141. The lowest BCUT2D eigenvalue weighted by Crippen LogP contribution is -2.50. The van der Waals surface area contributed by atoms with Crippen molar-refractivity contribution >= 4 is 35.5 Å². The highest BCUT2D eigenvalue weighted by atomic mass is 16.5. The third-order valence-electron chi connectivity index (χ3n) is 8.41. The van der Waals surface area contributed by atoms with Gasteiger partial charge in [0.25, 0.3) is 11.8 Å². The second-order valence-corrected chi connectivity index (χ2v) is 10.9. The fourth-order valence-corrected chi connectivity index (χ4v) is 6.28. The monoisotopic (exact) mass is 594 g/mol. The molecule has 228 valence electrons. The van der Waals surface area contributed by atoms with E-state index in [2.05, 4.69) is 4.99 Å². The lowest BCUT2D eigenvalue weighted by Gasteiger charge is -2.30. The van der Waals surface area contributed by atoms with Crippen LogP contribution in [0.1, 0.15) is 52.8 Å². The van der Waals surface area contributed by atoms with E-state index in [9.17, 15) is 24.6 Å². The molecule has 0 spiro atoms. The molecule has 0 radical (unpaired) electrons. The van der Waals surface area contributed by atoms with Gasteiger partial charge >= 0.3 is 6.09 Å². The Labute approximate surface area is 248 Å². The number of carbonyl (C=O) groups is 3. The summed E-state index contributed by atoms with van der Waals surface area (Å²) in [6.45, 7) is 1.55. The van der Waals surface area contributed by atoms with Crippen LogP contribution in [0.2, 0.25) is 0 Å². The highest BCUT2D eigenvalue weighted by molar-refractivity contribution is 6.06. The molecular formula is C30H34N4O9. The number of hydrogen-bond donors (Lipinski definition) is 2. The lowest BCUT2D eigenvalue weighted by molar-refractivity contribution is 0.0511. The van der Waals surface area contributed by atoms with E-state index in [4.69, 9.17) is 18.9 Å². The van der Waals surface area contributed by atoms with Gasteiger partial charge in [0.2, 0.25) is 0 Å². The Hall–Kier alpha value is -4.52. The highest BCUT2D eigenvalue weighted by Gasteiger charge is 2.45. The van der Waals surface area contributed by atoms with Crippen LogP contribution in [0.5, 0.6) is 23.0 Å². The molecule has 4 heterocycles. The van der Waals surface area contributed by atoms with Gasteiger partial charge in [0, 0.05) is 37.9 Å². The Balaban J connectivity index is 1.16. The molecule has 2 N–H and O–H groups in total. The molecule has 4 aliphatic heterocycles. The van der Waals surface area contributed by atoms with E-state index in [0.717, 1.165) is 17.7 Å². The van der Waals surface area contributed by atoms with Gasteiger partial charge in [0.05, 0.1) is 62.0 Å². The number of aliphatic hydroxyl groups is 1. The van der Waals surface area contributed by atoms with E-state index in [-0.39, 0.29) is 53.8 Å². The predicted octanol–water partition coefficient (Wildman–Crippen LogP) is 3.29. The van der Waals surface area contributed by atoms with Crippen molar-refractivity contribution in [2.75, 3.05) is 45.4 Å². The number of fused-ring (bicyclic) bond motifs is 4. The Kier molecular flexibility index (Phi) is 7.74. The first kappa shape index (κ1) is 28.6. The minimum Gasteiger partial charge on any atom is -0.493 e. The molecule has 13 nitrogen and oxygen atoms in total. The van der Waals surface area contributed by atoms with Gasteiger partial charge in [-0.2, -0.15) is 0 Å². The lowest BCUT2D eigenvalue weighted by atomic mass is 10.1. The number of methoxy groups -OCH3 is 2. The third kappa shape index (κ3) is 5.07. The van der Waals surface area contributed by atoms with Crippen LogP contribution < -0.4 is 23.8 Å². The first-order valence-electron chi connectivity index (χ1n) is 14.4. The number of carboxylic acid groups (broad SMARTS) is 1. The summed E-state index contributed by atoms with van der Waals surface area (Å²) in [5.74, 6) is 0.928. The second-order valence-electron chi connectivity index (χ2n) is 10.9. The molecule has 0 saturated carbocycles. The zero-order valence-corrected chi connectivity index (χ0v) is 24.0. The maximum atomic E-state index is 13.3. The molecule has 0 aromatic heterocycles. The van der Waals surface area contributed by atoms with Gasteiger partial charge in [-0.1, -0.05) is 0 Å². The minimum atomic E-state index is -1.41. The molecule has 2 saturated heterocycles. The normalized spacial score (nSPS) is 22.3. The van der Waals surface area contributed by atoms with Gasteiger partial charge in [-0.25, -0.2) is 9.69 Å². The Morgan fingerprint density at radius 1 is 0.884 bits per heavy atom. The summed E-state index contributed by atoms with van der Waals surface area (Å²) in [5, 5.41) is 20.9. The van der Waals surface area contributed by atoms with Crippen LogP contribution in [-0.4, -0.2) is 103 Å². The van der Waals surface area contributed by atoms with Crippen LogP contribution in [0.15, 0.2) is 29.3 Å². The molecule has 3 atom stereocenters. The summed E-state index contributed by atoms with van der Waals surface area (Å²) in [5.41, 5.74) is 1.16. The number of aliphatic imine (C=N–C) groups is 1. The van der Waals surface area contributed by atoms with Gasteiger partial charge < -0.3 is 39.0 Å². The summed E-state index contributed by atoms with van der Waals surface area (Å²) in [6, 6.07) is 5.61. The Bertz CT molecular complexity index is 1480. The number of aliphatic hydroxyl groups excluding tert-OH is 1. The summed E-state index contributed by atoms with van der Waals surface area (Å²) >= 11 is 0. The number of nitrogens with zero attached hydrogens (tertiary/aromatic N) is 4. The maximum absolute atomic E-state index is 13.3. The zero-order valence-electron chi connectivity index (χ0n) is 24.0. The number of ether oxygens (including phenoxy) is 4. The van der Waals surface area contributed by atoms with E-state index < -0.39 is 18.4 Å². The molecule has 2 unspecified atom stereocenters. The highest BCUT2D eigenvalue weighted by Crippen LogP contribution is 2.41. The van der Waals surface area contributed by atoms with Crippen molar-refractivity contribution in [1.82, 2.24) is 9.80 Å². The molecule has 2 aromatic carbocycles. The smallest absolute Gasteiger partial charge is 0.414 e. The Morgan fingerprint density at radius 2 is 1.51 bits per heavy atom. The molecule has 0 aliphatic carbocycles. The topological polar surface area (TPSA) is 151 Å². The van der Waals surface area contributed by atoms with Gasteiger partial charge in [-0.05, 0) is 37.8 Å². The summed E-state index contributed by atoms with van der Waals surface area (Å²) < 4.78 is 22.9. The van der Waals surface area contributed by atoms with Crippen LogP contribution in [0.4, 0.5) is 16.2 Å². The van der Waals surface area contributed by atoms with Crippen molar-refractivity contribution in [3.8, 4) is 23.0 Å². The molecular weight excluding hydrogens is 560 g/mol. The van der Waals surface area contributed by atoms with Crippen LogP contribution in [0.3, 0.4) is 0 Å². The van der Waals surface area contributed by atoms with Gasteiger partial charge in [0.1, 0.15) is 0 Å². The molecule has 13 heteroatoms. The standard InChI is InChI=1S/C30H34N4O9/c1-40-23-12-18-20(31-16-17-6-3-8-32(17)27(18)35)14-25(23)42-10-5-11-43-26-15-22-19(13-24(26)41-2)28(36)33-9-4-7-21(33)29(37)34(22)30(38)39/h12-17,21,29,37H,3-11H2,1-2H3,(H,38,39)/t17-,21?,29?/m0/s1. The zero-order chi connectivity index (χ0) is 30.2. The van der Waals surface area contributed by atoms with Crippen molar-refractivity contribution < 1.29 is 43.5 Å². The van der Waals surface area contributed by atoms with Crippen molar-refractivity contribution in [3.63, 3.8) is 0 Å². The summed E-state index contributed by atoms with van der Waals surface area (Å²) in [4.78, 5) is 47.3. The number of hydrogen-bond acceptors (Lipinski definition) is 9. The van der Waals surface area contributed by atoms with Gasteiger partial charge in [-0.15, -0.1) is 0 Å². The number of carbonyl (C=O) groups excluding carboxylic acids is 2. The van der Waals surface area contributed by atoms with Crippen molar-refractivity contribution in [2.24, 2.45) is 4.99 Å².